The van der Waals surface area contributed by atoms with E-state index in [4.69, 9.17) is 10.8 Å². The Labute approximate surface area is 98.1 Å². The van der Waals surface area contributed by atoms with Crippen molar-refractivity contribution in [2.45, 2.75) is 18.5 Å². The first-order valence-electron chi connectivity index (χ1n) is 5.30. The Morgan fingerprint density at radius 3 is 2.88 bits per heavy atom. The zero-order valence-corrected chi connectivity index (χ0v) is 9.17. The van der Waals surface area contributed by atoms with Crippen LogP contribution in [0.3, 0.4) is 0 Å². The molecule has 1 atom stereocenters. The fraction of sp³-hybridized carbons (Fsp3) is 0.364. The molecule has 6 nitrogen and oxygen atoms in total. The molecule has 1 aliphatic heterocycles. The van der Waals surface area contributed by atoms with Gasteiger partial charge in [-0.15, -0.1) is 0 Å². The van der Waals surface area contributed by atoms with Gasteiger partial charge in [0, 0.05) is 18.9 Å². The summed E-state index contributed by atoms with van der Waals surface area (Å²) in [6, 6.07) is 3.22. The number of nitrogens with two attached hydrogens (primary N) is 1. The van der Waals surface area contributed by atoms with Crippen molar-refractivity contribution in [2.24, 2.45) is 5.73 Å². The Morgan fingerprint density at radius 1 is 1.53 bits per heavy atom. The van der Waals surface area contributed by atoms with E-state index in [9.17, 15) is 9.59 Å². The van der Waals surface area contributed by atoms with Crippen molar-refractivity contribution >= 4 is 11.9 Å². The van der Waals surface area contributed by atoms with Crippen LogP contribution in [0.15, 0.2) is 24.5 Å². The topological polar surface area (TPSA) is 96.5 Å². The summed E-state index contributed by atoms with van der Waals surface area (Å²) in [4.78, 5) is 28.3. The third-order valence-corrected chi connectivity index (χ3v) is 2.95. The number of carbonyl (C=O) groups is 2. The molecular formula is C11H13N3O3. The summed E-state index contributed by atoms with van der Waals surface area (Å²) in [6.07, 6.45) is 3.82. The molecule has 0 aromatic carbocycles. The van der Waals surface area contributed by atoms with Crippen LogP contribution in [0, 0.1) is 0 Å². The number of hydrogen-bond donors (Lipinski definition) is 2. The van der Waals surface area contributed by atoms with Gasteiger partial charge < -0.3 is 10.0 Å². The zero-order chi connectivity index (χ0) is 12.5. The molecule has 2 rings (SSSR count). The van der Waals surface area contributed by atoms with E-state index < -0.39 is 11.6 Å². The number of rotatable bonds is 2. The SMILES string of the molecule is NC1(C(=O)O)CCCN1C(=O)c1cccnc1. The minimum atomic E-state index is -1.59. The number of carbonyl (C=O) groups excluding carboxylic acids is 1. The van der Waals surface area contributed by atoms with Gasteiger partial charge in [-0.3, -0.25) is 15.5 Å². The van der Waals surface area contributed by atoms with Gasteiger partial charge >= 0.3 is 5.97 Å². The molecule has 1 aliphatic rings. The van der Waals surface area contributed by atoms with Crippen molar-refractivity contribution in [3.05, 3.63) is 30.1 Å². The molecule has 17 heavy (non-hydrogen) atoms. The van der Waals surface area contributed by atoms with Crippen LogP contribution < -0.4 is 5.73 Å². The molecule has 6 heteroatoms. The second kappa shape index (κ2) is 4.14. The quantitative estimate of drug-likeness (QED) is 0.755. The number of amides is 1. The molecule has 1 amide bonds. The predicted octanol–water partition coefficient (Wildman–Crippen LogP) is 0.0572. The number of aromatic nitrogens is 1. The molecule has 2 heterocycles. The van der Waals surface area contributed by atoms with Crippen molar-refractivity contribution < 1.29 is 14.7 Å². The Balaban J connectivity index is 2.29. The second-order valence-corrected chi connectivity index (χ2v) is 4.03. The Bertz CT molecular complexity index is 449. The second-order valence-electron chi connectivity index (χ2n) is 4.03. The van der Waals surface area contributed by atoms with Gasteiger partial charge in [0.05, 0.1) is 5.56 Å². The lowest BCUT2D eigenvalue weighted by Crippen LogP contribution is -2.59. The standard InChI is InChI=1S/C11H13N3O3/c12-11(10(16)17)4-2-6-14(11)9(15)8-3-1-5-13-7-8/h1,3,5,7H,2,4,6,12H2,(H,16,17). The maximum absolute atomic E-state index is 12.1. The van der Waals surface area contributed by atoms with Gasteiger partial charge in [-0.05, 0) is 25.0 Å². The van der Waals surface area contributed by atoms with Gasteiger partial charge in [0.25, 0.3) is 5.91 Å². The molecule has 1 aromatic rings. The molecule has 0 bridgehead atoms. The van der Waals surface area contributed by atoms with Crippen molar-refractivity contribution in [3.8, 4) is 0 Å². The highest BCUT2D eigenvalue weighted by Crippen LogP contribution is 2.26. The Morgan fingerprint density at radius 2 is 2.29 bits per heavy atom. The zero-order valence-electron chi connectivity index (χ0n) is 9.17. The van der Waals surface area contributed by atoms with Gasteiger partial charge in [-0.2, -0.15) is 0 Å². The molecule has 1 aromatic heterocycles. The van der Waals surface area contributed by atoms with E-state index in [2.05, 4.69) is 4.98 Å². The maximum atomic E-state index is 12.1. The predicted molar refractivity (Wildman–Crippen MR) is 59.1 cm³/mol. The number of carboxylic acids is 1. The number of aliphatic carboxylic acids is 1. The monoisotopic (exact) mass is 235 g/mol. The summed E-state index contributed by atoms with van der Waals surface area (Å²) in [5.41, 5.74) is 4.53. The van der Waals surface area contributed by atoms with E-state index in [1.54, 1.807) is 18.3 Å². The van der Waals surface area contributed by atoms with Crippen LogP contribution in [0.5, 0.6) is 0 Å². The van der Waals surface area contributed by atoms with Crippen LogP contribution in [0.4, 0.5) is 0 Å². The summed E-state index contributed by atoms with van der Waals surface area (Å²) >= 11 is 0. The highest BCUT2D eigenvalue weighted by atomic mass is 16.4. The normalized spacial score (nSPS) is 23.7. The largest absolute Gasteiger partial charge is 0.478 e. The number of nitrogens with zero attached hydrogens (tertiary/aromatic N) is 2. The van der Waals surface area contributed by atoms with Crippen molar-refractivity contribution in [3.63, 3.8) is 0 Å². The van der Waals surface area contributed by atoms with Gasteiger partial charge in [0.1, 0.15) is 0 Å². The van der Waals surface area contributed by atoms with Gasteiger partial charge in [0.2, 0.25) is 0 Å². The fourth-order valence-corrected chi connectivity index (χ4v) is 1.99. The van der Waals surface area contributed by atoms with Crippen LogP contribution >= 0.6 is 0 Å². The van der Waals surface area contributed by atoms with Crippen molar-refractivity contribution in [2.75, 3.05) is 6.54 Å². The Hall–Kier alpha value is -1.95. The summed E-state index contributed by atoms with van der Waals surface area (Å²) in [5.74, 6) is -1.56. The average molecular weight is 235 g/mol. The molecular weight excluding hydrogens is 222 g/mol. The molecule has 90 valence electrons. The summed E-state index contributed by atoms with van der Waals surface area (Å²) in [6.45, 7) is 0.358. The number of pyridine rings is 1. The molecule has 0 spiro atoms. The molecule has 0 aliphatic carbocycles. The van der Waals surface area contributed by atoms with E-state index in [0.717, 1.165) is 0 Å². The van der Waals surface area contributed by atoms with Crippen LogP contribution in [0.25, 0.3) is 0 Å². The van der Waals surface area contributed by atoms with E-state index in [0.29, 0.717) is 18.5 Å². The first kappa shape index (κ1) is 11.5. The van der Waals surface area contributed by atoms with Crippen LogP contribution in [0.2, 0.25) is 0 Å². The Kier molecular flexibility index (Phi) is 2.81. The first-order chi connectivity index (χ1) is 8.05. The third kappa shape index (κ3) is 1.87. The first-order valence-corrected chi connectivity index (χ1v) is 5.30. The van der Waals surface area contributed by atoms with Gasteiger partial charge in [-0.25, -0.2) is 4.79 Å². The number of hydrogen-bond acceptors (Lipinski definition) is 4. The van der Waals surface area contributed by atoms with Crippen molar-refractivity contribution in [1.82, 2.24) is 9.88 Å². The van der Waals surface area contributed by atoms with Crippen LogP contribution in [0.1, 0.15) is 23.2 Å². The van der Waals surface area contributed by atoms with Gasteiger partial charge in [-0.1, -0.05) is 0 Å². The minimum Gasteiger partial charge on any atom is -0.478 e. The van der Waals surface area contributed by atoms with E-state index in [1.165, 1.54) is 11.1 Å². The highest BCUT2D eigenvalue weighted by molar-refractivity contribution is 5.97. The van der Waals surface area contributed by atoms with Gasteiger partial charge in [0.15, 0.2) is 5.66 Å². The van der Waals surface area contributed by atoms with Crippen molar-refractivity contribution in [1.29, 1.82) is 0 Å². The van der Waals surface area contributed by atoms with E-state index >= 15 is 0 Å². The molecule has 1 unspecified atom stereocenters. The minimum absolute atomic E-state index is 0.272. The smallest absolute Gasteiger partial charge is 0.344 e. The third-order valence-electron chi connectivity index (χ3n) is 2.95. The molecule has 3 N–H and O–H groups in total. The maximum Gasteiger partial charge on any atom is 0.344 e. The summed E-state index contributed by atoms with van der Waals surface area (Å²) < 4.78 is 0. The number of carboxylic acid groups (broad SMARTS) is 1. The molecule has 0 saturated carbocycles. The molecule has 1 fully saturated rings. The van der Waals surface area contributed by atoms with Crippen LogP contribution in [-0.2, 0) is 4.79 Å². The molecule has 1 saturated heterocycles. The lowest BCUT2D eigenvalue weighted by Gasteiger charge is -2.30. The lowest BCUT2D eigenvalue weighted by molar-refractivity contribution is -0.148. The number of likely N-dealkylation sites (tertiary alicyclic amines) is 1. The van der Waals surface area contributed by atoms with E-state index in [1.807, 2.05) is 0 Å². The highest BCUT2D eigenvalue weighted by Gasteiger charge is 2.47. The van der Waals surface area contributed by atoms with Crippen LogP contribution in [-0.4, -0.2) is 39.1 Å². The lowest BCUT2D eigenvalue weighted by atomic mass is 10.1. The fourth-order valence-electron chi connectivity index (χ4n) is 1.99. The summed E-state index contributed by atoms with van der Waals surface area (Å²) in [5, 5.41) is 9.10. The van der Waals surface area contributed by atoms with E-state index in [-0.39, 0.29) is 12.3 Å². The molecule has 0 radical (unpaired) electrons. The average Bonchev–Trinajstić information content (AvgIpc) is 2.73. The summed E-state index contributed by atoms with van der Waals surface area (Å²) in [7, 11) is 0.